The second-order valence-corrected chi connectivity index (χ2v) is 5.71. The van der Waals surface area contributed by atoms with E-state index in [0.717, 1.165) is 10.6 Å². The first-order valence-corrected chi connectivity index (χ1v) is 6.86. The monoisotopic (exact) mass is 258 g/mol. The van der Waals surface area contributed by atoms with Crippen LogP contribution in [0.3, 0.4) is 0 Å². The first kappa shape index (κ1) is 14.1. The zero-order chi connectivity index (χ0) is 12.9. The van der Waals surface area contributed by atoms with E-state index in [-0.39, 0.29) is 4.90 Å². The van der Waals surface area contributed by atoms with Gasteiger partial charge in [0.1, 0.15) is 0 Å². The molecule has 0 fully saturated rings. The SMILES string of the molecule is Cc1ccc(S(=O)(=O)NCCCN(C)O)cc1. The average molecular weight is 258 g/mol. The van der Waals surface area contributed by atoms with Gasteiger partial charge in [-0.25, -0.2) is 13.1 Å². The second kappa shape index (κ2) is 6.11. The van der Waals surface area contributed by atoms with Crippen molar-refractivity contribution in [2.75, 3.05) is 20.1 Å². The highest BCUT2D eigenvalue weighted by molar-refractivity contribution is 7.89. The largest absolute Gasteiger partial charge is 0.314 e. The first-order valence-electron chi connectivity index (χ1n) is 5.38. The summed E-state index contributed by atoms with van der Waals surface area (Å²) in [4.78, 5) is 0.264. The van der Waals surface area contributed by atoms with Crippen LogP contribution in [0.15, 0.2) is 29.2 Å². The third-order valence-corrected chi connectivity index (χ3v) is 3.76. The molecule has 1 rings (SSSR count). The molecule has 1 aromatic carbocycles. The van der Waals surface area contributed by atoms with Gasteiger partial charge in [-0.05, 0) is 25.5 Å². The summed E-state index contributed by atoms with van der Waals surface area (Å²) < 4.78 is 26.1. The Morgan fingerprint density at radius 1 is 1.29 bits per heavy atom. The molecule has 96 valence electrons. The molecule has 5 nitrogen and oxygen atoms in total. The van der Waals surface area contributed by atoms with Crippen LogP contribution in [0.4, 0.5) is 0 Å². The molecule has 0 unspecified atom stereocenters. The standard InChI is InChI=1S/C11H18N2O3S/c1-10-4-6-11(7-5-10)17(15,16)12-8-3-9-13(2)14/h4-7,12,14H,3,8-9H2,1-2H3. The minimum Gasteiger partial charge on any atom is -0.314 e. The summed E-state index contributed by atoms with van der Waals surface area (Å²) in [5.41, 5.74) is 1.02. The van der Waals surface area contributed by atoms with E-state index < -0.39 is 10.0 Å². The van der Waals surface area contributed by atoms with E-state index in [1.54, 1.807) is 24.3 Å². The number of hydrogen-bond acceptors (Lipinski definition) is 4. The lowest BCUT2D eigenvalue weighted by atomic mass is 10.2. The number of hydrogen-bond donors (Lipinski definition) is 2. The fourth-order valence-corrected chi connectivity index (χ4v) is 2.39. The number of hydroxylamine groups is 2. The highest BCUT2D eigenvalue weighted by atomic mass is 32.2. The Morgan fingerprint density at radius 3 is 2.41 bits per heavy atom. The van der Waals surface area contributed by atoms with E-state index in [0.29, 0.717) is 19.5 Å². The summed E-state index contributed by atoms with van der Waals surface area (Å²) >= 11 is 0. The Hall–Kier alpha value is -0.950. The van der Waals surface area contributed by atoms with Crippen LogP contribution < -0.4 is 4.72 Å². The van der Waals surface area contributed by atoms with E-state index >= 15 is 0 Å². The molecule has 0 aliphatic heterocycles. The molecule has 0 amide bonds. The quantitative estimate of drug-likeness (QED) is 0.589. The number of rotatable bonds is 6. The highest BCUT2D eigenvalue weighted by Gasteiger charge is 2.12. The van der Waals surface area contributed by atoms with Gasteiger partial charge in [-0.15, -0.1) is 0 Å². The molecule has 17 heavy (non-hydrogen) atoms. The van der Waals surface area contributed by atoms with Gasteiger partial charge in [0, 0.05) is 20.1 Å². The van der Waals surface area contributed by atoms with Crippen molar-refractivity contribution in [2.24, 2.45) is 0 Å². The van der Waals surface area contributed by atoms with Crippen molar-refractivity contribution in [3.05, 3.63) is 29.8 Å². The molecule has 0 aliphatic carbocycles. The molecular weight excluding hydrogens is 240 g/mol. The molecule has 0 bridgehead atoms. The van der Waals surface area contributed by atoms with Gasteiger partial charge in [-0.1, -0.05) is 17.7 Å². The van der Waals surface area contributed by atoms with Gasteiger partial charge in [-0.3, -0.25) is 0 Å². The Labute approximate surface area is 102 Å². The zero-order valence-electron chi connectivity index (χ0n) is 10.0. The van der Waals surface area contributed by atoms with Crippen LogP contribution in [0.5, 0.6) is 0 Å². The predicted octanol–water partition coefficient (Wildman–Crippen LogP) is 0.984. The molecule has 6 heteroatoms. The zero-order valence-corrected chi connectivity index (χ0v) is 10.9. The molecule has 0 atom stereocenters. The van der Waals surface area contributed by atoms with E-state index in [9.17, 15) is 8.42 Å². The van der Waals surface area contributed by atoms with Crippen molar-refractivity contribution >= 4 is 10.0 Å². The van der Waals surface area contributed by atoms with Gasteiger partial charge in [0.2, 0.25) is 10.0 Å². The average Bonchev–Trinajstić information content (AvgIpc) is 2.25. The van der Waals surface area contributed by atoms with E-state index in [1.807, 2.05) is 6.92 Å². The molecule has 0 spiro atoms. The lowest BCUT2D eigenvalue weighted by Crippen LogP contribution is -2.27. The minimum absolute atomic E-state index is 0.264. The van der Waals surface area contributed by atoms with E-state index in [1.165, 1.54) is 7.05 Å². The van der Waals surface area contributed by atoms with Crippen molar-refractivity contribution in [1.82, 2.24) is 9.79 Å². The van der Waals surface area contributed by atoms with E-state index in [4.69, 9.17) is 5.21 Å². The molecular formula is C11H18N2O3S. The van der Waals surface area contributed by atoms with Gasteiger partial charge in [0.25, 0.3) is 0 Å². The number of aryl methyl sites for hydroxylation is 1. The van der Waals surface area contributed by atoms with Crippen LogP contribution in [0.1, 0.15) is 12.0 Å². The Bertz CT molecular complexity index is 440. The molecule has 0 aromatic heterocycles. The highest BCUT2D eigenvalue weighted by Crippen LogP contribution is 2.09. The topological polar surface area (TPSA) is 69.6 Å². The third-order valence-electron chi connectivity index (χ3n) is 2.28. The smallest absolute Gasteiger partial charge is 0.240 e. The molecule has 0 radical (unpaired) electrons. The molecule has 2 N–H and O–H groups in total. The van der Waals surface area contributed by atoms with Crippen molar-refractivity contribution in [3.63, 3.8) is 0 Å². The van der Waals surface area contributed by atoms with Crippen molar-refractivity contribution in [3.8, 4) is 0 Å². The van der Waals surface area contributed by atoms with Gasteiger partial charge in [-0.2, -0.15) is 5.06 Å². The molecule has 0 saturated carbocycles. The summed E-state index contributed by atoms with van der Waals surface area (Å²) in [5, 5.41) is 9.91. The van der Waals surface area contributed by atoms with Crippen LogP contribution >= 0.6 is 0 Å². The Morgan fingerprint density at radius 2 is 1.88 bits per heavy atom. The Kier molecular flexibility index (Phi) is 5.07. The van der Waals surface area contributed by atoms with Crippen LogP contribution in [0.25, 0.3) is 0 Å². The summed E-state index contributed by atoms with van der Waals surface area (Å²) in [6.45, 7) is 2.64. The number of nitrogens with one attached hydrogen (secondary N) is 1. The number of benzene rings is 1. The molecule has 1 aromatic rings. The third kappa shape index (κ3) is 4.82. The van der Waals surface area contributed by atoms with Crippen LogP contribution in [-0.4, -0.2) is 38.8 Å². The maximum absolute atomic E-state index is 11.8. The summed E-state index contributed by atoms with van der Waals surface area (Å²) in [6, 6.07) is 6.68. The van der Waals surface area contributed by atoms with Gasteiger partial charge >= 0.3 is 0 Å². The van der Waals surface area contributed by atoms with Crippen molar-refractivity contribution in [2.45, 2.75) is 18.2 Å². The number of sulfonamides is 1. The minimum atomic E-state index is -3.43. The lowest BCUT2D eigenvalue weighted by molar-refractivity contribution is -0.0648. The Balaban J connectivity index is 2.54. The van der Waals surface area contributed by atoms with Crippen LogP contribution in [-0.2, 0) is 10.0 Å². The fraction of sp³-hybridized carbons (Fsp3) is 0.455. The summed E-state index contributed by atoms with van der Waals surface area (Å²) in [6.07, 6.45) is 0.554. The predicted molar refractivity (Wildman–Crippen MR) is 65.4 cm³/mol. The van der Waals surface area contributed by atoms with Gasteiger partial charge in [0.05, 0.1) is 4.90 Å². The molecule has 0 heterocycles. The summed E-state index contributed by atoms with van der Waals surface area (Å²) in [7, 11) is -1.90. The summed E-state index contributed by atoms with van der Waals surface area (Å²) in [5.74, 6) is 0. The van der Waals surface area contributed by atoms with Crippen molar-refractivity contribution < 1.29 is 13.6 Å². The lowest BCUT2D eigenvalue weighted by Gasteiger charge is -2.09. The van der Waals surface area contributed by atoms with Gasteiger partial charge in [0.15, 0.2) is 0 Å². The molecule has 0 saturated heterocycles. The normalized spacial score (nSPS) is 12.0. The van der Waals surface area contributed by atoms with Crippen LogP contribution in [0, 0.1) is 6.92 Å². The van der Waals surface area contributed by atoms with Crippen LogP contribution in [0.2, 0.25) is 0 Å². The first-order chi connectivity index (χ1) is 7.92. The van der Waals surface area contributed by atoms with Gasteiger partial charge < -0.3 is 5.21 Å². The van der Waals surface area contributed by atoms with E-state index in [2.05, 4.69) is 4.72 Å². The maximum atomic E-state index is 11.8. The maximum Gasteiger partial charge on any atom is 0.240 e. The second-order valence-electron chi connectivity index (χ2n) is 3.95. The molecule has 0 aliphatic rings. The number of nitrogens with zero attached hydrogens (tertiary/aromatic N) is 1. The fourth-order valence-electron chi connectivity index (χ4n) is 1.32. The van der Waals surface area contributed by atoms with Crippen molar-refractivity contribution in [1.29, 1.82) is 0 Å².